The van der Waals surface area contributed by atoms with E-state index in [-0.39, 0.29) is 0 Å². The van der Waals surface area contributed by atoms with Crippen LogP contribution in [0.3, 0.4) is 0 Å². The number of hydrogen-bond acceptors (Lipinski definition) is 1. The standard InChI is InChI=1S/C9H8Cl2O/c10-7-4-3-6-2-1-5-12-9(6)8(7)11/h3-4H,1-2,5H2. The molecular weight excluding hydrogens is 195 g/mol. The van der Waals surface area contributed by atoms with Crippen LogP contribution < -0.4 is 4.74 Å². The van der Waals surface area contributed by atoms with E-state index in [1.807, 2.05) is 12.1 Å². The fraction of sp³-hybridized carbons (Fsp3) is 0.333. The lowest BCUT2D eigenvalue weighted by Gasteiger charge is -2.18. The van der Waals surface area contributed by atoms with Crippen molar-refractivity contribution in [3.63, 3.8) is 0 Å². The molecule has 0 aliphatic carbocycles. The van der Waals surface area contributed by atoms with Crippen LogP contribution in [0.2, 0.25) is 10.0 Å². The average molecular weight is 203 g/mol. The van der Waals surface area contributed by atoms with Gasteiger partial charge in [-0.2, -0.15) is 0 Å². The Balaban J connectivity index is 2.54. The van der Waals surface area contributed by atoms with Gasteiger partial charge in [0.25, 0.3) is 0 Å². The summed E-state index contributed by atoms with van der Waals surface area (Å²) < 4.78 is 5.42. The summed E-state index contributed by atoms with van der Waals surface area (Å²) >= 11 is 11.8. The van der Waals surface area contributed by atoms with Crippen LogP contribution in [-0.2, 0) is 6.42 Å². The molecule has 0 bridgehead atoms. The lowest BCUT2D eigenvalue weighted by atomic mass is 10.1. The molecule has 0 saturated heterocycles. The summed E-state index contributed by atoms with van der Waals surface area (Å²) in [6.07, 6.45) is 2.09. The SMILES string of the molecule is Clc1ccc2c(c1Cl)OCCC2. The first-order chi connectivity index (χ1) is 5.79. The van der Waals surface area contributed by atoms with Crippen molar-refractivity contribution in [2.45, 2.75) is 12.8 Å². The number of benzene rings is 1. The summed E-state index contributed by atoms with van der Waals surface area (Å²) in [4.78, 5) is 0. The second kappa shape index (κ2) is 3.15. The molecule has 0 aromatic heterocycles. The largest absolute Gasteiger partial charge is 0.492 e. The van der Waals surface area contributed by atoms with Gasteiger partial charge in [0.15, 0.2) is 0 Å². The third-order valence-corrected chi connectivity index (χ3v) is 2.76. The maximum absolute atomic E-state index is 5.95. The smallest absolute Gasteiger partial charge is 0.142 e. The van der Waals surface area contributed by atoms with E-state index in [2.05, 4.69) is 0 Å². The summed E-state index contributed by atoms with van der Waals surface area (Å²) in [5.41, 5.74) is 1.16. The zero-order valence-electron chi connectivity index (χ0n) is 6.44. The first kappa shape index (κ1) is 8.21. The van der Waals surface area contributed by atoms with Crippen LogP contribution in [0.5, 0.6) is 5.75 Å². The predicted molar refractivity (Wildman–Crippen MR) is 50.3 cm³/mol. The van der Waals surface area contributed by atoms with Gasteiger partial charge in [0.05, 0.1) is 11.6 Å². The van der Waals surface area contributed by atoms with Gasteiger partial charge >= 0.3 is 0 Å². The molecule has 3 heteroatoms. The third-order valence-electron chi connectivity index (χ3n) is 1.97. The Labute approximate surface area is 81.2 Å². The molecule has 0 fully saturated rings. The molecule has 1 aromatic rings. The Morgan fingerprint density at radius 3 is 2.92 bits per heavy atom. The van der Waals surface area contributed by atoms with Gasteiger partial charge < -0.3 is 4.74 Å². The van der Waals surface area contributed by atoms with Crippen molar-refractivity contribution in [3.05, 3.63) is 27.7 Å². The molecule has 0 saturated carbocycles. The summed E-state index contributed by atoms with van der Waals surface area (Å²) in [6.45, 7) is 0.743. The quantitative estimate of drug-likeness (QED) is 0.628. The zero-order valence-corrected chi connectivity index (χ0v) is 7.95. The van der Waals surface area contributed by atoms with Crippen molar-refractivity contribution in [3.8, 4) is 5.75 Å². The highest BCUT2D eigenvalue weighted by Crippen LogP contribution is 2.37. The van der Waals surface area contributed by atoms with Gasteiger partial charge in [-0.3, -0.25) is 0 Å². The van der Waals surface area contributed by atoms with Gasteiger partial charge in [-0.25, -0.2) is 0 Å². The molecule has 1 aliphatic rings. The van der Waals surface area contributed by atoms with E-state index in [9.17, 15) is 0 Å². The van der Waals surface area contributed by atoms with Crippen LogP contribution in [0.1, 0.15) is 12.0 Å². The fourth-order valence-electron chi connectivity index (χ4n) is 1.36. The van der Waals surface area contributed by atoms with Crippen molar-refractivity contribution in [2.24, 2.45) is 0 Å². The van der Waals surface area contributed by atoms with Crippen LogP contribution in [-0.4, -0.2) is 6.61 Å². The van der Waals surface area contributed by atoms with Crippen LogP contribution in [0.25, 0.3) is 0 Å². The molecule has 1 heterocycles. The highest BCUT2D eigenvalue weighted by Gasteiger charge is 2.15. The molecule has 0 unspecified atom stereocenters. The minimum absolute atomic E-state index is 0.550. The molecule has 0 N–H and O–H groups in total. The van der Waals surface area contributed by atoms with Crippen LogP contribution >= 0.6 is 23.2 Å². The van der Waals surface area contributed by atoms with Crippen LogP contribution in [0, 0.1) is 0 Å². The summed E-state index contributed by atoms with van der Waals surface area (Å²) in [7, 11) is 0. The molecule has 64 valence electrons. The molecule has 0 radical (unpaired) electrons. The number of ether oxygens (including phenoxy) is 1. The second-order valence-electron chi connectivity index (χ2n) is 2.80. The number of hydrogen-bond donors (Lipinski definition) is 0. The Bertz CT molecular complexity index is 310. The van der Waals surface area contributed by atoms with Crippen molar-refractivity contribution < 1.29 is 4.74 Å². The van der Waals surface area contributed by atoms with Crippen molar-refractivity contribution in [1.29, 1.82) is 0 Å². The molecule has 0 spiro atoms. The number of fused-ring (bicyclic) bond motifs is 1. The number of aryl methyl sites for hydroxylation is 1. The fourth-order valence-corrected chi connectivity index (χ4v) is 1.75. The summed E-state index contributed by atoms with van der Waals surface area (Å²) in [5, 5.41) is 1.12. The number of halogens is 2. The Kier molecular flexibility index (Phi) is 2.16. The van der Waals surface area contributed by atoms with Crippen LogP contribution in [0.15, 0.2) is 12.1 Å². The Morgan fingerprint density at radius 2 is 2.08 bits per heavy atom. The van der Waals surface area contributed by atoms with Gasteiger partial charge in [0.1, 0.15) is 10.8 Å². The predicted octanol–water partition coefficient (Wildman–Crippen LogP) is 3.32. The molecule has 1 aromatic carbocycles. The topological polar surface area (TPSA) is 9.23 Å². The highest BCUT2D eigenvalue weighted by atomic mass is 35.5. The third kappa shape index (κ3) is 1.27. The highest BCUT2D eigenvalue weighted by molar-refractivity contribution is 6.43. The normalized spacial score (nSPS) is 15.2. The first-order valence-corrected chi connectivity index (χ1v) is 4.64. The average Bonchev–Trinajstić information content (AvgIpc) is 2.12. The molecule has 1 aliphatic heterocycles. The lowest BCUT2D eigenvalue weighted by Crippen LogP contribution is -2.08. The van der Waals surface area contributed by atoms with E-state index in [0.29, 0.717) is 10.0 Å². The van der Waals surface area contributed by atoms with E-state index in [1.165, 1.54) is 0 Å². The van der Waals surface area contributed by atoms with Gasteiger partial charge in [-0.15, -0.1) is 0 Å². The van der Waals surface area contributed by atoms with Crippen molar-refractivity contribution >= 4 is 23.2 Å². The molecule has 1 nitrogen and oxygen atoms in total. The summed E-state index contributed by atoms with van der Waals surface area (Å²) in [6, 6.07) is 3.79. The maximum atomic E-state index is 5.95. The summed E-state index contributed by atoms with van der Waals surface area (Å²) in [5.74, 6) is 0.774. The van der Waals surface area contributed by atoms with Crippen LogP contribution in [0.4, 0.5) is 0 Å². The van der Waals surface area contributed by atoms with E-state index in [1.54, 1.807) is 0 Å². The van der Waals surface area contributed by atoms with Crippen molar-refractivity contribution in [1.82, 2.24) is 0 Å². The van der Waals surface area contributed by atoms with Gasteiger partial charge in [-0.1, -0.05) is 29.3 Å². The Morgan fingerprint density at radius 1 is 1.25 bits per heavy atom. The first-order valence-electron chi connectivity index (χ1n) is 3.89. The van der Waals surface area contributed by atoms with E-state index in [0.717, 1.165) is 30.8 Å². The van der Waals surface area contributed by atoms with Gasteiger partial charge in [-0.05, 0) is 24.5 Å². The lowest BCUT2D eigenvalue weighted by molar-refractivity contribution is 0.288. The molecule has 0 atom stereocenters. The molecule has 12 heavy (non-hydrogen) atoms. The van der Waals surface area contributed by atoms with Gasteiger partial charge in [0, 0.05) is 0 Å². The molecule has 2 rings (SSSR count). The van der Waals surface area contributed by atoms with E-state index in [4.69, 9.17) is 27.9 Å². The maximum Gasteiger partial charge on any atom is 0.142 e. The molecule has 0 amide bonds. The number of rotatable bonds is 0. The minimum atomic E-state index is 0.550. The monoisotopic (exact) mass is 202 g/mol. The molecular formula is C9H8Cl2O. The van der Waals surface area contributed by atoms with Crippen molar-refractivity contribution in [2.75, 3.05) is 6.61 Å². The second-order valence-corrected chi connectivity index (χ2v) is 3.59. The Hall–Kier alpha value is -0.400. The van der Waals surface area contributed by atoms with Gasteiger partial charge in [0.2, 0.25) is 0 Å². The zero-order chi connectivity index (χ0) is 8.55. The van der Waals surface area contributed by atoms with E-state index < -0.39 is 0 Å². The van der Waals surface area contributed by atoms with E-state index >= 15 is 0 Å². The minimum Gasteiger partial charge on any atom is -0.492 e.